The largest absolute Gasteiger partial charge is 0.375 e. The highest BCUT2D eigenvalue weighted by Gasteiger charge is 2.44. The molecule has 3 rings (SSSR count). The van der Waals surface area contributed by atoms with E-state index in [0.717, 1.165) is 12.6 Å². The third-order valence-electron chi connectivity index (χ3n) is 5.23. The lowest BCUT2D eigenvalue weighted by Crippen LogP contribution is -2.51. The van der Waals surface area contributed by atoms with Crippen molar-refractivity contribution < 1.29 is 4.74 Å². The molecule has 3 aliphatic rings. The molecule has 0 bridgehead atoms. The zero-order valence-corrected chi connectivity index (χ0v) is 10.6. The van der Waals surface area contributed by atoms with Crippen LogP contribution >= 0.6 is 0 Å². The van der Waals surface area contributed by atoms with E-state index in [1.807, 2.05) is 0 Å². The molecule has 1 atom stereocenters. The van der Waals surface area contributed by atoms with Crippen LogP contribution in [0.3, 0.4) is 0 Å². The maximum absolute atomic E-state index is 5.97. The van der Waals surface area contributed by atoms with Crippen LogP contribution in [0.25, 0.3) is 0 Å². The van der Waals surface area contributed by atoms with Gasteiger partial charge in [-0.2, -0.15) is 0 Å². The molecule has 0 radical (unpaired) electrons. The van der Waals surface area contributed by atoms with Crippen molar-refractivity contribution >= 4 is 0 Å². The van der Waals surface area contributed by atoms with Gasteiger partial charge < -0.3 is 10.1 Å². The second kappa shape index (κ2) is 3.99. The SMILES string of the molecule is CCC1(CNC2CCOC3(CCC3)C2)CC1. The first kappa shape index (κ1) is 11.0. The van der Waals surface area contributed by atoms with Crippen molar-refractivity contribution in [2.75, 3.05) is 13.2 Å². The smallest absolute Gasteiger partial charge is 0.0697 e. The van der Waals surface area contributed by atoms with Gasteiger partial charge in [0.1, 0.15) is 0 Å². The Bertz CT molecular complexity index is 255. The van der Waals surface area contributed by atoms with Crippen LogP contribution in [0.4, 0.5) is 0 Å². The quantitative estimate of drug-likeness (QED) is 0.791. The standard InChI is InChI=1S/C14H25NO/c1-2-13(7-8-13)11-15-12-4-9-16-14(10-12)5-3-6-14/h12,15H,2-11H2,1H3. The molecule has 0 aromatic rings. The molecule has 1 aliphatic heterocycles. The molecule has 1 N–H and O–H groups in total. The monoisotopic (exact) mass is 223 g/mol. The molecule has 0 aromatic carbocycles. The Morgan fingerprint density at radius 2 is 2.06 bits per heavy atom. The predicted octanol–water partition coefficient (Wildman–Crippen LogP) is 2.87. The molecule has 2 saturated carbocycles. The summed E-state index contributed by atoms with van der Waals surface area (Å²) in [4.78, 5) is 0. The van der Waals surface area contributed by atoms with Crippen LogP contribution in [-0.4, -0.2) is 24.8 Å². The van der Waals surface area contributed by atoms with Crippen LogP contribution in [0.15, 0.2) is 0 Å². The average molecular weight is 223 g/mol. The summed E-state index contributed by atoms with van der Waals surface area (Å²) in [6.07, 6.45) is 10.7. The zero-order valence-electron chi connectivity index (χ0n) is 10.6. The Kier molecular flexibility index (Phi) is 2.75. The maximum atomic E-state index is 5.97. The van der Waals surface area contributed by atoms with E-state index in [1.165, 1.54) is 57.9 Å². The summed E-state index contributed by atoms with van der Waals surface area (Å²) in [5.41, 5.74) is 0.990. The van der Waals surface area contributed by atoms with Crippen molar-refractivity contribution in [2.45, 2.75) is 69.9 Å². The molecule has 16 heavy (non-hydrogen) atoms. The fraction of sp³-hybridized carbons (Fsp3) is 1.00. The van der Waals surface area contributed by atoms with E-state index < -0.39 is 0 Å². The highest BCUT2D eigenvalue weighted by Crippen LogP contribution is 2.48. The third-order valence-corrected chi connectivity index (χ3v) is 5.23. The van der Waals surface area contributed by atoms with E-state index in [1.54, 1.807) is 0 Å². The molecule has 2 nitrogen and oxygen atoms in total. The second-order valence-electron chi connectivity index (χ2n) is 6.31. The first-order valence-electron chi connectivity index (χ1n) is 7.13. The number of ether oxygens (including phenoxy) is 1. The van der Waals surface area contributed by atoms with Gasteiger partial charge in [0.2, 0.25) is 0 Å². The van der Waals surface area contributed by atoms with Crippen LogP contribution in [0.5, 0.6) is 0 Å². The zero-order chi connectivity index (χ0) is 11.1. The van der Waals surface area contributed by atoms with Gasteiger partial charge in [-0.05, 0) is 56.8 Å². The van der Waals surface area contributed by atoms with Crippen molar-refractivity contribution in [2.24, 2.45) is 5.41 Å². The molecule has 1 saturated heterocycles. The second-order valence-corrected chi connectivity index (χ2v) is 6.31. The van der Waals surface area contributed by atoms with E-state index in [9.17, 15) is 0 Å². The van der Waals surface area contributed by atoms with Gasteiger partial charge in [0, 0.05) is 19.2 Å². The third kappa shape index (κ3) is 2.02. The van der Waals surface area contributed by atoms with Crippen molar-refractivity contribution in [3.63, 3.8) is 0 Å². The molecule has 2 heteroatoms. The normalized spacial score (nSPS) is 34.7. The van der Waals surface area contributed by atoms with E-state index in [2.05, 4.69) is 12.2 Å². The molecule has 92 valence electrons. The average Bonchev–Trinajstić information content (AvgIpc) is 3.06. The van der Waals surface area contributed by atoms with Gasteiger partial charge >= 0.3 is 0 Å². The minimum atomic E-state index is 0.304. The fourth-order valence-corrected chi connectivity index (χ4v) is 3.31. The number of hydrogen-bond acceptors (Lipinski definition) is 2. The molecular formula is C14H25NO. The van der Waals surface area contributed by atoms with Gasteiger partial charge in [-0.25, -0.2) is 0 Å². The van der Waals surface area contributed by atoms with Gasteiger partial charge in [-0.3, -0.25) is 0 Å². The van der Waals surface area contributed by atoms with Crippen LogP contribution in [0, 0.1) is 5.41 Å². The number of hydrogen-bond donors (Lipinski definition) is 1. The van der Waals surface area contributed by atoms with Crippen LogP contribution in [0.2, 0.25) is 0 Å². The summed E-state index contributed by atoms with van der Waals surface area (Å²) in [5.74, 6) is 0. The molecule has 2 aliphatic carbocycles. The summed E-state index contributed by atoms with van der Waals surface area (Å²) < 4.78 is 5.97. The Hall–Kier alpha value is -0.0800. The Morgan fingerprint density at radius 1 is 1.25 bits per heavy atom. The lowest BCUT2D eigenvalue weighted by molar-refractivity contribution is -0.135. The highest BCUT2D eigenvalue weighted by molar-refractivity contribution is 4.98. The number of nitrogens with one attached hydrogen (secondary N) is 1. The summed E-state index contributed by atoms with van der Waals surface area (Å²) in [5, 5.41) is 3.82. The summed E-state index contributed by atoms with van der Waals surface area (Å²) in [6, 6.07) is 0.734. The summed E-state index contributed by atoms with van der Waals surface area (Å²) in [7, 11) is 0. The van der Waals surface area contributed by atoms with Crippen LogP contribution < -0.4 is 5.32 Å². The molecule has 0 amide bonds. The van der Waals surface area contributed by atoms with E-state index in [0.29, 0.717) is 11.0 Å². The van der Waals surface area contributed by atoms with Crippen LogP contribution in [0.1, 0.15) is 58.3 Å². The fourth-order valence-electron chi connectivity index (χ4n) is 3.31. The Morgan fingerprint density at radius 3 is 2.62 bits per heavy atom. The molecule has 1 spiro atoms. The molecule has 3 fully saturated rings. The van der Waals surface area contributed by atoms with E-state index in [-0.39, 0.29) is 0 Å². The summed E-state index contributed by atoms with van der Waals surface area (Å²) in [6.45, 7) is 4.58. The van der Waals surface area contributed by atoms with E-state index in [4.69, 9.17) is 4.74 Å². The summed E-state index contributed by atoms with van der Waals surface area (Å²) >= 11 is 0. The molecule has 0 aromatic heterocycles. The predicted molar refractivity (Wildman–Crippen MR) is 65.5 cm³/mol. The van der Waals surface area contributed by atoms with Crippen molar-refractivity contribution in [1.82, 2.24) is 5.32 Å². The van der Waals surface area contributed by atoms with Crippen molar-refractivity contribution in [1.29, 1.82) is 0 Å². The van der Waals surface area contributed by atoms with Gasteiger partial charge in [0.15, 0.2) is 0 Å². The van der Waals surface area contributed by atoms with Gasteiger partial charge in [0.25, 0.3) is 0 Å². The van der Waals surface area contributed by atoms with Crippen molar-refractivity contribution in [3.05, 3.63) is 0 Å². The molecule has 1 heterocycles. The van der Waals surface area contributed by atoms with E-state index >= 15 is 0 Å². The molecular weight excluding hydrogens is 198 g/mol. The van der Waals surface area contributed by atoms with Crippen LogP contribution in [-0.2, 0) is 4.74 Å². The van der Waals surface area contributed by atoms with Crippen molar-refractivity contribution in [3.8, 4) is 0 Å². The first-order valence-corrected chi connectivity index (χ1v) is 7.13. The lowest BCUT2D eigenvalue weighted by Gasteiger charge is -2.47. The Balaban J connectivity index is 1.48. The minimum absolute atomic E-state index is 0.304. The Labute approximate surface area is 99.1 Å². The minimum Gasteiger partial charge on any atom is -0.375 e. The topological polar surface area (TPSA) is 21.3 Å². The van der Waals surface area contributed by atoms with Gasteiger partial charge in [-0.15, -0.1) is 0 Å². The number of rotatable bonds is 4. The van der Waals surface area contributed by atoms with Gasteiger partial charge in [0.05, 0.1) is 5.60 Å². The van der Waals surface area contributed by atoms with Gasteiger partial charge in [-0.1, -0.05) is 6.92 Å². The maximum Gasteiger partial charge on any atom is 0.0697 e. The molecule has 1 unspecified atom stereocenters. The highest BCUT2D eigenvalue weighted by atomic mass is 16.5. The first-order chi connectivity index (χ1) is 7.76. The lowest BCUT2D eigenvalue weighted by atomic mass is 9.74.